The molecule has 0 fully saturated rings. The third-order valence-electron chi connectivity index (χ3n) is 3.63. The molecule has 0 bridgehead atoms. The number of halogens is 3. The number of rotatable bonds is 5. The fourth-order valence-corrected chi connectivity index (χ4v) is 3.87. The molecule has 3 aromatic carbocycles. The highest BCUT2D eigenvalue weighted by atomic mass is 79.9. The molecule has 0 heterocycles. The van der Waals surface area contributed by atoms with Gasteiger partial charge in [-0.3, -0.25) is 4.79 Å². The molecule has 0 unspecified atom stereocenters. The number of hydrogen-bond donors (Lipinski definition) is 1. The van der Waals surface area contributed by atoms with Crippen molar-refractivity contribution in [3.8, 4) is 0 Å². The molecule has 0 aliphatic heterocycles. The van der Waals surface area contributed by atoms with Gasteiger partial charge in [-0.05, 0) is 54.6 Å². The van der Waals surface area contributed by atoms with Crippen molar-refractivity contribution in [1.82, 2.24) is 0 Å². The molecule has 0 atom stereocenters. The standard InChI is InChI=1S/C19H12BrCl2N2O3S/c20-12-1-5-14(6-2-12)23-19(25)17-11-16(9-10-18(17)22)28(26,27)24-15-7-3-13(21)4-8-15/h1-11H,(H,23,25)/q-1. The lowest BCUT2D eigenvalue weighted by molar-refractivity contribution is 0.102. The van der Waals surface area contributed by atoms with Crippen molar-refractivity contribution in [1.29, 1.82) is 0 Å². The van der Waals surface area contributed by atoms with Crippen molar-refractivity contribution in [2.75, 3.05) is 5.32 Å². The molecular formula is C19H12BrCl2N2O3S-. The van der Waals surface area contributed by atoms with Crippen LogP contribution in [0.25, 0.3) is 4.72 Å². The van der Waals surface area contributed by atoms with Crippen LogP contribution in [0.2, 0.25) is 10.0 Å². The maximum atomic E-state index is 12.6. The second-order valence-corrected chi connectivity index (χ2v) is 9.01. The van der Waals surface area contributed by atoms with Crippen LogP contribution in [0, 0.1) is 0 Å². The third kappa shape index (κ3) is 5.05. The zero-order valence-corrected chi connectivity index (χ0v) is 18.0. The second kappa shape index (κ2) is 8.53. The van der Waals surface area contributed by atoms with E-state index in [1.165, 1.54) is 42.5 Å². The van der Waals surface area contributed by atoms with Gasteiger partial charge >= 0.3 is 0 Å². The summed E-state index contributed by atoms with van der Waals surface area (Å²) >= 11 is 15.2. The summed E-state index contributed by atoms with van der Waals surface area (Å²) in [4.78, 5) is 12.4. The highest BCUT2D eigenvalue weighted by Gasteiger charge is 2.15. The molecule has 0 radical (unpaired) electrons. The molecule has 28 heavy (non-hydrogen) atoms. The number of nitrogens with one attached hydrogen (secondary N) is 1. The van der Waals surface area contributed by atoms with Crippen molar-refractivity contribution in [3.63, 3.8) is 0 Å². The van der Waals surface area contributed by atoms with Gasteiger partial charge in [-0.25, -0.2) is 8.42 Å². The Bertz CT molecular complexity index is 1120. The van der Waals surface area contributed by atoms with E-state index < -0.39 is 15.9 Å². The summed E-state index contributed by atoms with van der Waals surface area (Å²) < 4.78 is 29.8. The van der Waals surface area contributed by atoms with E-state index >= 15 is 0 Å². The van der Waals surface area contributed by atoms with Gasteiger partial charge in [-0.2, -0.15) is 0 Å². The van der Waals surface area contributed by atoms with Crippen molar-refractivity contribution in [2.45, 2.75) is 4.90 Å². The highest BCUT2D eigenvalue weighted by molar-refractivity contribution is 9.10. The normalized spacial score (nSPS) is 11.1. The fraction of sp³-hybridized carbons (Fsp3) is 0. The summed E-state index contributed by atoms with van der Waals surface area (Å²) in [5, 5.41) is 3.27. The van der Waals surface area contributed by atoms with Crippen molar-refractivity contribution in [3.05, 3.63) is 91.5 Å². The van der Waals surface area contributed by atoms with Crippen LogP contribution in [-0.4, -0.2) is 14.3 Å². The minimum absolute atomic E-state index is 0.0250. The molecule has 3 rings (SSSR count). The first-order valence-electron chi connectivity index (χ1n) is 7.85. The van der Waals surface area contributed by atoms with E-state index in [4.69, 9.17) is 23.2 Å². The predicted molar refractivity (Wildman–Crippen MR) is 115 cm³/mol. The zero-order chi connectivity index (χ0) is 20.3. The minimum atomic E-state index is -4.04. The summed E-state index contributed by atoms with van der Waals surface area (Å²) in [6.45, 7) is 0. The van der Waals surface area contributed by atoms with E-state index in [2.05, 4.69) is 26.0 Å². The van der Waals surface area contributed by atoms with Crippen LogP contribution in [0.4, 0.5) is 11.4 Å². The van der Waals surface area contributed by atoms with Crippen LogP contribution in [0.5, 0.6) is 0 Å². The van der Waals surface area contributed by atoms with Gasteiger partial charge in [0.25, 0.3) is 5.91 Å². The van der Waals surface area contributed by atoms with Crippen LogP contribution in [-0.2, 0) is 10.0 Å². The summed E-state index contributed by atoms with van der Waals surface area (Å²) in [7, 11) is -4.04. The predicted octanol–water partition coefficient (Wildman–Crippen LogP) is 6.40. The molecular weight excluding hydrogens is 487 g/mol. The average molecular weight is 499 g/mol. The Kier molecular flexibility index (Phi) is 6.30. The Morgan fingerprint density at radius 3 is 2.21 bits per heavy atom. The Labute approximate surface area is 180 Å². The number of hydrogen-bond acceptors (Lipinski definition) is 3. The lowest BCUT2D eigenvalue weighted by atomic mass is 10.2. The lowest BCUT2D eigenvalue weighted by Gasteiger charge is -2.22. The molecule has 0 spiro atoms. The molecule has 9 heteroatoms. The number of sulfonamides is 1. The van der Waals surface area contributed by atoms with E-state index in [0.29, 0.717) is 10.7 Å². The Balaban J connectivity index is 1.86. The van der Waals surface area contributed by atoms with E-state index in [-0.39, 0.29) is 21.2 Å². The van der Waals surface area contributed by atoms with Gasteiger partial charge in [0.2, 0.25) is 0 Å². The first-order valence-corrected chi connectivity index (χ1v) is 10.8. The molecule has 0 aliphatic carbocycles. The molecule has 1 amide bonds. The van der Waals surface area contributed by atoms with E-state index in [0.717, 1.165) is 4.47 Å². The van der Waals surface area contributed by atoms with Crippen LogP contribution in [0.3, 0.4) is 0 Å². The molecule has 3 aromatic rings. The number of amides is 1. The number of nitrogens with zero attached hydrogens (tertiary/aromatic N) is 1. The highest BCUT2D eigenvalue weighted by Crippen LogP contribution is 2.30. The first kappa shape index (κ1) is 20.7. The molecule has 0 saturated carbocycles. The van der Waals surface area contributed by atoms with E-state index in [9.17, 15) is 13.2 Å². The molecule has 1 N–H and O–H groups in total. The molecule has 144 valence electrons. The maximum absolute atomic E-state index is 12.6. The summed E-state index contributed by atoms with van der Waals surface area (Å²) in [5.74, 6) is -0.532. The van der Waals surface area contributed by atoms with E-state index in [1.54, 1.807) is 24.3 Å². The number of carbonyl (C=O) groups is 1. The van der Waals surface area contributed by atoms with Gasteiger partial charge in [-0.15, -0.1) is 5.69 Å². The van der Waals surface area contributed by atoms with Crippen LogP contribution >= 0.6 is 39.1 Å². The Morgan fingerprint density at radius 1 is 0.929 bits per heavy atom. The zero-order valence-electron chi connectivity index (χ0n) is 14.1. The van der Waals surface area contributed by atoms with Gasteiger partial charge in [0.15, 0.2) is 0 Å². The van der Waals surface area contributed by atoms with E-state index in [1.807, 2.05) is 0 Å². The molecule has 5 nitrogen and oxygen atoms in total. The van der Waals surface area contributed by atoms with Gasteiger partial charge in [0.05, 0.1) is 15.5 Å². The van der Waals surface area contributed by atoms with Crippen LogP contribution < -0.4 is 5.32 Å². The summed E-state index contributed by atoms with van der Waals surface area (Å²) in [6, 6.07) is 16.8. The fourth-order valence-electron chi connectivity index (χ4n) is 2.26. The summed E-state index contributed by atoms with van der Waals surface area (Å²) in [6.07, 6.45) is 0. The molecule has 0 aliphatic rings. The van der Waals surface area contributed by atoms with Crippen LogP contribution in [0.15, 0.2) is 76.1 Å². The quantitative estimate of drug-likeness (QED) is 0.441. The van der Waals surface area contributed by atoms with Crippen molar-refractivity contribution < 1.29 is 13.2 Å². The monoisotopic (exact) mass is 497 g/mol. The SMILES string of the molecule is O=C(Nc1ccc(Br)cc1)c1cc(S(=O)(=O)[N-]c2ccc(Cl)cc2)ccc1Cl. The van der Waals surface area contributed by atoms with Crippen molar-refractivity contribution >= 4 is 66.4 Å². The van der Waals surface area contributed by atoms with Gasteiger partial charge in [0, 0.05) is 15.2 Å². The van der Waals surface area contributed by atoms with Gasteiger partial charge < -0.3 is 10.0 Å². The summed E-state index contributed by atoms with van der Waals surface area (Å²) in [5.41, 5.74) is 0.792. The number of carbonyl (C=O) groups excluding carboxylic acids is 1. The average Bonchev–Trinajstić information content (AvgIpc) is 2.65. The Hall–Kier alpha value is -2.06. The topological polar surface area (TPSA) is 77.3 Å². The smallest absolute Gasteiger partial charge is 0.257 e. The van der Waals surface area contributed by atoms with Gasteiger partial charge in [-0.1, -0.05) is 51.3 Å². The third-order valence-corrected chi connectivity index (χ3v) is 6.05. The van der Waals surface area contributed by atoms with Gasteiger partial charge in [0.1, 0.15) is 10.0 Å². The largest absolute Gasteiger partial charge is 0.573 e. The second-order valence-electron chi connectivity index (χ2n) is 5.65. The maximum Gasteiger partial charge on any atom is 0.257 e. The van der Waals surface area contributed by atoms with Crippen LogP contribution in [0.1, 0.15) is 10.4 Å². The Morgan fingerprint density at radius 2 is 1.57 bits per heavy atom. The molecule has 0 aromatic heterocycles. The number of benzene rings is 3. The lowest BCUT2D eigenvalue weighted by Crippen LogP contribution is -2.13. The number of anilines is 1. The molecule has 0 saturated heterocycles. The first-order chi connectivity index (χ1) is 13.2. The van der Waals surface area contributed by atoms with Crippen molar-refractivity contribution in [2.24, 2.45) is 0 Å². The minimum Gasteiger partial charge on any atom is -0.573 e.